The fourth-order valence-corrected chi connectivity index (χ4v) is 1.77. The molecule has 2 aromatic rings. The van der Waals surface area contributed by atoms with Crippen molar-refractivity contribution in [3.63, 3.8) is 0 Å². The average molecular weight is 267 g/mol. The van der Waals surface area contributed by atoms with E-state index in [1.54, 1.807) is 6.07 Å². The highest BCUT2D eigenvalue weighted by atomic mass is 19.4. The number of rotatable bonds is 1. The quantitative estimate of drug-likeness (QED) is 0.779. The summed E-state index contributed by atoms with van der Waals surface area (Å²) in [7, 11) is 0. The molecule has 0 aliphatic heterocycles. The lowest BCUT2D eigenvalue weighted by Gasteiger charge is -2.14. The molecule has 3 nitrogen and oxygen atoms in total. The standard InChI is InChI=1S/C13H12F3N3/c1-7-10(13(14,15)16)4-9(5-11(7)17)8-2-3-12(18)19-6-8/h2-6H,17H2,1H3,(H2,18,19). The van der Waals surface area contributed by atoms with Gasteiger partial charge < -0.3 is 11.5 Å². The third-order valence-electron chi connectivity index (χ3n) is 2.87. The summed E-state index contributed by atoms with van der Waals surface area (Å²) in [6.07, 6.45) is -3.02. The molecule has 0 aliphatic rings. The number of nitrogen functional groups attached to an aromatic ring is 2. The number of anilines is 2. The Hall–Kier alpha value is -2.24. The molecule has 0 bridgehead atoms. The van der Waals surface area contributed by atoms with E-state index in [4.69, 9.17) is 11.5 Å². The Morgan fingerprint density at radius 1 is 1.05 bits per heavy atom. The monoisotopic (exact) mass is 267 g/mol. The molecule has 1 heterocycles. The number of alkyl halides is 3. The lowest BCUT2D eigenvalue weighted by Crippen LogP contribution is -2.09. The largest absolute Gasteiger partial charge is 0.416 e. The molecular weight excluding hydrogens is 255 g/mol. The van der Waals surface area contributed by atoms with Crippen LogP contribution in [0.2, 0.25) is 0 Å². The van der Waals surface area contributed by atoms with Crippen molar-refractivity contribution in [3.8, 4) is 11.1 Å². The molecule has 0 spiro atoms. The first-order valence-electron chi connectivity index (χ1n) is 5.48. The Balaban J connectivity index is 2.60. The third-order valence-corrected chi connectivity index (χ3v) is 2.87. The zero-order valence-electron chi connectivity index (χ0n) is 10.1. The Kier molecular flexibility index (Phi) is 3.09. The Labute approximate surface area is 108 Å². The molecule has 100 valence electrons. The lowest BCUT2D eigenvalue weighted by atomic mass is 9.99. The van der Waals surface area contributed by atoms with Crippen LogP contribution < -0.4 is 11.5 Å². The van der Waals surface area contributed by atoms with Crippen LogP contribution in [-0.4, -0.2) is 4.98 Å². The summed E-state index contributed by atoms with van der Waals surface area (Å²) in [4.78, 5) is 3.86. The van der Waals surface area contributed by atoms with Gasteiger partial charge in [0, 0.05) is 17.4 Å². The van der Waals surface area contributed by atoms with Gasteiger partial charge >= 0.3 is 6.18 Å². The fraction of sp³-hybridized carbons (Fsp3) is 0.154. The van der Waals surface area contributed by atoms with Gasteiger partial charge in [-0.1, -0.05) is 0 Å². The number of halogens is 3. The highest BCUT2D eigenvalue weighted by molar-refractivity contribution is 5.71. The lowest BCUT2D eigenvalue weighted by molar-refractivity contribution is -0.137. The maximum atomic E-state index is 12.9. The molecule has 0 fully saturated rings. The fourth-order valence-electron chi connectivity index (χ4n) is 1.77. The van der Waals surface area contributed by atoms with Gasteiger partial charge in [0.05, 0.1) is 5.56 Å². The van der Waals surface area contributed by atoms with E-state index in [1.807, 2.05) is 0 Å². The van der Waals surface area contributed by atoms with E-state index in [0.717, 1.165) is 6.07 Å². The van der Waals surface area contributed by atoms with Crippen LogP contribution in [0, 0.1) is 6.92 Å². The first-order valence-corrected chi connectivity index (χ1v) is 5.48. The molecule has 0 unspecified atom stereocenters. The van der Waals surface area contributed by atoms with Crippen LogP contribution in [0.25, 0.3) is 11.1 Å². The van der Waals surface area contributed by atoms with E-state index in [9.17, 15) is 13.2 Å². The Bertz CT molecular complexity index is 604. The zero-order valence-corrected chi connectivity index (χ0v) is 10.1. The van der Waals surface area contributed by atoms with E-state index in [-0.39, 0.29) is 11.3 Å². The molecule has 1 aromatic carbocycles. The van der Waals surface area contributed by atoms with Crippen LogP contribution in [0.4, 0.5) is 24.7 Å². The van der Waals surface area contributed by atoms with Crippen LogP contribution in [0.3, 0.4) is 0 Å². The van der Waals surface area contributed by atoms with Crippen molar-refractivity contribution in [2.24, 2.45) is 0 Å². The summed E-state index contributed by atoms with van der Waals surface area (Å²) in [5.41, 5.74) is 11.4. The van der Waals surface area contributed by atoms with Gasteiger partial charge in [-0.3, -0.25) is 0 Å². The topological polar surface area (TPSA) is 64.9 Å². The van der Waals surface area contributed by atoms with E-state index in [2.05, 4.69) is 4.98 Å². The van der Waals surface area contributed by atoms with Crippen molar-refractivity contribution in [1.82, 2.24) is 4.98 Å². The maximum Gasteiger partial charge on any atom is 0.416 e. The second-order valence-electron chi connectivity index (χ2n) is 4.21. The van der Waals surface area contributed by atoms with Crippen molar-refractivity contribution in [2.45, 2.75) is 13.1 Å². The Morgan fingerprint density at radius 3 is 2.26 bits per heavy atom. The smallest absolute Gasteiger partial charge is 0.398 e. The molecule has 19 heavy (non-hydrogen) atoms. The summed E-state index contributed by atoms with van der Waals surface area (Å²) in [6.45, 7) is 1.35. The molecule has 0 atom stereocenters. The summed E-state index contributed by atoms with van der Waals surface area (Å²) < 4.78 is 38.7. The second kappa shape index (κ2) is 4.46. The molecule has 0 saturated carbocycles. The van der Waals surface area contributed by atoms with Crippen LogP contribution in [-0.2, 0) is 6.18 Å². The van der Waals surface area contributed by atoms with Gasteiger partial charge in [0.25, 0.3) is 0 Å². The number of nitrogens with zero attached hydrogens (tertiary/aromatic N) is 1. The number of aromatic nitrogens is 1. The normalized spacial score (nSPS) is 11.6. The maximum absolute atomic E-state index is 12.9. The summed E-state index contributed by atoms with van der Waals surface area (Å²) in [6, 6.07) is 5.70. The van der Waals surface area contributed by atoms with E-state index in [1.165, 1.54) is 25.3 Å². The van der Waals surface area contributed by atoms with Crippen molar-refractivity contribution < 1.29 is 13.2 Å². The van der Waals surface area contributed by atoms with Gasteiger partial charge in [0.1, 0.15) is 5.82 Å². The molecule has 1 aromatic heterocycles. The average Bonchev–Trinajstić information content (AvgIpc) is 2.32. The number of hydrogen-bond acceptors (Lipinski definition) is 3. The summed E-state index contributed by atoms with van der Waals surface area (Å²) in [5, 5.41) is 0. The molecule has 4 N–H and O–H groups in total. The number of hydrogen-bond donors (Lipinski definition) is 2. The van der Waals surface area contributed by atoms with E-state index in [0.29, 0.717) is 16.9 Å². The highest BCUT2D eigenvalue weighted by Crippen LogP contribution is 2.37. The predicted molar refractivity (Wildman–Crippen MR) is 68.2 cm³/mol. The highest BCUT2D eigenvalue weighted by Gasteiger charge is 2.33. The van der Waals surface area contributed by atoms with Crippen molar-refractivity contribution >= 4 is 11.5 Å². The van der Waals surface area contributed by atoms with E-state index < -0.39 is 11.7 Å². The summed E-state index contributed by atoms with van der Waals surface area (Å²) in [5.74, 6) is 0.305. The summed E-state index contributed by atoms with van der Waals surface area (Å²) >= 11 is 0. The molecule has 6 heteroatoms. The SMILES string of the molecule is Cc1c(N)cc(-c2ccc(N)nc2)cc1C(F)(F)F. The Morgan fingerprint density at radius 2 is 1.74 bits per heavy atom. The third kappa shape index (κ3) is 2.62. The van der Waals surface area contributed by atoms with Gasteiger partial charge in [-0.2, -0.15) is 13.2 Å². The van der Waals surface area contributed by atoms with Crippen molar-refractivity contribution in [2.75, 3.05) is 11.5 Å². The number of benzene rings is 1. The number of nitrogens with two attached hydrogens (primary N) is 2. The molecule has 2 rings (SSSR count). The van der Waals surface area contributed by atoms with Crippen LogP contribution in [0.1, 0.15) is 11.1 Å². The molecule has 0 aliphatic carbocycles. The van der Waals surface area contributed by atoms with E-state index >= 15 is 0 Å². The predicted octanol–water partition coefficient (Wildman–Crippen LogP) is 3.24. The van der Waals surface area contributed by atoms with Gasteiger partial charge in [-0.15, -0.1) is 0 Å². The number of pyridine rings is 1. The van der Waals surface area contributed by atoms with Gasteiger partial charge in [-0.25, -0.2) is 4.98 Å². The second-order valence-corrected chi connectivity index (χ2v) is 4.21. The first-order chi connectivity index (χ1) is 8.79. The van der Waals surface area contributed by atoms with Crippen LogP contribution >= 0.6 is 0 Å². The molecular formula is C13H12F3N3. The van der Waals surface area contributed by atoms with Crippen LogP contribution in [0.5, 0.6) is 0 Å². The molecule has 0 amide bonds. The minimum absolute atomic E-state index is 0.0275. The molecule has 0 saturated heterocycles. The zero-order chi connectivity index (χ0) is 14.2. The first kappa shape index (κ1) is 13.2. The molecule has 0 radical (unpaired) electrons. The van der Waals surface area contributed by atoms with Crippen molar-refractivity contribution in [3.05, 3.63) is 41.6 Å². The minimum Gasteiger partial charge on any atom is -0.398 e. The minimum atomic E-state index is -4.44. The van der Waals surface area contributed by atoms with Gasteiger partial charge in [0.2, 0.25) is 0 Å². The van der Waals surface area contributed by atoms with Gasteiger partial charge in [-0.05, 0) is 42.3 Å². The van der Waals surface area contributed by atoms with Gasteiger partial charge in [0.15, 0.2) is 0 Å². The van der Waals surface area contributed by atoms with Crippen molar-refractivity contribution in [1.29, 1.82) is 0 Å². The van der Waals surface area contributed by atoms with Crippen LogP contribution in [0.15, 0.2) is 30.5 Å².